The van der Waals surface area contributed by atoms with Gasteiger partial charge < -0.3 is 4.74 Å². The molecule has 0 amide bonds. The molecule has 0 aliphatic heterocycles. The van der Waals surface area contributed by atoms with Crippen molar-refractivity contribution < 1.29 is 9.53 Å². The predicted octanol–water partition coefficient (Wildman–Crippen LogP) is 2.15. The molecule has 2 nitrogen and oxygen atoms in total. The van der Waals surface area contributed by atoms with Crippen LogP contribution < -0.4 is 0 Å². The van der Waals surface area contributed by atoms with Gasteiger partial charge in [0.15, 0.2) is 0 Å². The monoisotopic (exact) mass is 168 g/mol. The lowest BCUT2D eigenvalue weighted by Gasteiger charge is -2.14. The van der Waals surface area contributed by atoms with Crippen molar-refractivity contribution in [2.75, 3.05) is 0 Å². The van der Waals surface area contributed by atoms with Crippen molar-refractivity contribution in [1.82, 2.24) is 0 Å². The highest BCUT2D eigenvalue weighted by atomic mass is 16.5. The molecule has 1 aliphatic rings. The molecular weight excluding hydrogens is 152 g/mol. The Balaban J connectivity index is 2.42. The molecular formula is C10H16O2. The molecule has 0 aromatic carbocycles. The number of carbonyl (C=O) groups is 1. The fourth-order valence-corrected chi connectivity index (χ4v) is 1.87. The van der Waals surface area contributed by atoms with E-state index in [1.165, 1.54) is 6.08 Å². The molecule has 0 saturated heterocycles. The molecule has 1 fully saturated rings. The van der Waals surface area contributed by atoms with Crippen LogP contribution in [0.4, 0.5) is 0 Å². The van der Waals surface area contributed by atoms with E-state index >= 15 is 0 Å². The summed E-state index contributed by atoms with van der Waals surface area (Å²) in [5.41, 5.74) is 0. The topological polar surface area (TPSA) is 26.3 Å². The molecule has 12 heavy (non-hydrogen) atoms. The normalized spacial score (nSPS) is 34.7. The Morgan fingerprint density at radius 3 is 2.58 bits per heavy atom. The van der Waals surface area contributed by atoms with Gasteiger partial charge in [0.1, 0.15) is 6.10 Å². The Hall–Kier alpha value is -0.790. The molecule has 0 spiro atoms. The molecule has 1 aliphatic carbocycles. The summed E-state index contributed by atoms with van der Waals surface area (Å²) in [5, 5.41) is 0. The number of carbonyl (C=O) groups excluding carboxylic acids is 1. The van der Waals surface area contributed by atoms with Crippen molar-refractivity contribution in [2.24, 2.45) is 11.8 Å². The van der Waals surface area contributed by atoms with E-state index in [2.05, 4.69) is 20.4 Å². The maximum atomic E-state index is 10.9. The van der Waals surface area contributed by atoms with Crippen LogP contribution in [0.1, 0.15) is 26.7 Å². The first-order valence-corrected chi connectivity index (χ1v) is 4.46. The van der Waals surface area contributed by atoms with Crippen LogP contribution in [-0.4, -0.2) is 12.1 Å². The third-order valence-electron chi connectivity index (χ3n) is 2.48. The van der Waals surface area contributed by atoms with Gasteiger partial charge in [0.2, 0.25) is 0 Å². The first-order chi connectivity index (χ1) is 5.63. The third kappa shape index (κ3) is 2.10. The lowest BCUT2D eigenvalue weighted by molar-refractivity contribution is -0.144. The van der Waals surface area contributed by atoms with Crippen LogP contribution >= 0.6 is 0 Å². The van der Waals surface area contributed by atoms with Crippen LogP contribution in [-0.2, 0) is 9.53 Å². The molecule has 2 heteroatoms. The summed E-state index contributed by atoms with van der Waals surface area (Å²) >= 11 is 0. The van der Waals surface area contributed by atoms with Gasteiger partial charge in [-0.15, -0.1) is 0 Å². The predicted molar refractivity (Wildman–Crippen MR) is 47.6 cm³/mol. The van der Waals surface area contributed by atoms with Gasteiger partial charge >= 0.3 is 5.97 Å². The number of esters is 1. The van der Waals surface area contributed by atoms with E-state index in [1.807, 2.05) is 0 Å². The van der Waals surface area contributed by atoms with Crippen molar-refractivity contribution >= 4 is 5.97 Å². The molecule has 0 aromatic rings. The first kappa shape index (κ1) is 9.30. The van der Waals surface area contributed by atoms with E-state index in [1.54, 1.807) is 0 Å². The highest BCUT2D eigenvalue weighted by Crippen LogP contribution is 2.32. The summed E-state index contributed by atoms with van der Waals surface area (Å²) in [7, 11) is 0. The van der Waals surface area contributed by atoms with Gasteiger partial charge in [0.05, 0.1) is 0 Å². The summed E-state index contributed by atoms with van der Waals surface area (Å²) in [6.07, 6.45) is 3.51. The molecule has 68 valence electrons. The van der Waals surface area contributed by atoms with Gasteiger partial charge in [-0.3, -0.25) is 0 Å². The molecule has 0 bridgehead atoms. The Kier molecular flexibility index (Phi) is 2.90. The van der Waals surface area contributed by atoms with Gasteiger partial charge in [-0.1, -0.05) is 20.4 Å². The molecule has 0 N–H and O–H groups in total. The Bertz CT molecular complexity index is 186. The minimum atomic E-state index is -0.291. The second-order valence-corrected chi connectivity index (χ2v) is 3.73. The fraction of sp³-hybridized carbons (Fsp3) is 0.700. The largest absolute Gasteiger partial charge is 0.459 e. The average Bonchev–Trinajstić information content (AvgIpc) is 2.30. The highest BCUT2D eigenvalue weighted by Gasteiger charge is 2.30. The molecule has 0 aromatic heterocycles. The quantitative estimate of drug-likeness (QED) is 0.466. The van der Waals surface area contributed by atoms with E-state index in [9.17, 15) is 4.79 Å². The van der Waals surface area contributed by atoms with Crippen LogP contribution in [0.25, 0.3) is 0 Å². The smallest absolute Gasteiger partial charge is 0.330 e. The molecule has 3 unspecified atom stereocenters. The lowest BCUT2D eigenvalue weighted by atomic mass is 10.1. The summed E-state index contributed by atoms with van der Waals surface area (Å²) in [4.78, 5) is 10.9. The average molecular weight is 168 g/mol. The molecule has 1 rings (SSSR count). The van der Waals surface area contributed by atoms with Crippen LogP contribution in [0.5, 0.6) is 0 Å². The molecule has 1 saturated carbocycles. The third-order valence-corrected chi connectivity index (χ3v) is 2.48. The highest BCUT2D eigenvalue weighted by molar-refractivity contribution is 5.81. The van der Waals surface area contributed by atoms with E-state index < -0.39 is 0 Å². The van der Waals surface area contributed by atoms with E-state index in [4.69, 9.17) is 4.74 Å². The van der Waals surface area contributed by atoms with Gasteiger partial charge in [-0.2, -0.15) is 0 Å². The van der Waals surface area contributed by atoms with E-state index in [0.717, 1.165) is 12.8 Å². The Morgan fingerprint density at radius 1 is 1.50 bits per heavy atom. The van der Waals surface area contributed by atoms with E-state index in [0.29, 0.717) is 11.8 Å². The first-order valence-electron chi connectivity index (χ1n) is 4.46. The summed E-state index contributed by atoms with van der Waals surface area (Å²) in [6.45, 7) is 7.69. The maximum absolute atomic E-state index is 10.9. The maximum Gasteiger partial charge on any atom is 0.330 e. The van der Waals surface area contributed by atoms with Crippen LogP contribution in [0.15, 0.2) is 12.7 Å². The standard InChI is InChI=1S/C10H16O2/c1-4-10(11)12-9-6-7(2)5-8(9)3/h4,7-9H,1,5-6H2,2-3H3. The molecule has 3 atom stereocenters. The Labute approximate surface area is 73.6 Å². The second kappa shape index (κ2) is 3.74. The molecule has 0 heterocycles. The van der Waals surface area contributed by atoms with Gasteiger partial charge in [-0.25, -0.2) is 4.79 Å². The zero-order valence-corrected chi connectivity index (χ0v) is 7.75. The summed E-state index contributed by atoms with van der Waals surface area (Å²) in [6, 6.07) is 0. The van der Waals surface area contributed by atoms with Crippen LogP contribution in [0.3, 0.4) is 0 Å². The number of hydrogen-bond acceptors (Lipinski definition) is 2. The van der Waals surface area contributed by atoms with E-state index in [-0.39, 0.29) is 12.1 Å². The van der Waals surface area contributed by atoms with Crippen LogP contribution in [0, 0.1) is 11.8 Å². The molecule has 0 radical (unpaired) electrons. The SMILES string of the molecule is C=CC(=O)OC1CC(C)CC1C. The number of rotatable bonds is 2. The summed E-state index contributed by atoms with van der Waals surface area (Å²) in [5.74, 6) is 0.896. The lowest BCUT2D eigenvalue weighted by Crippen LogP contribution is -2.18. The van der Waals surface area contributed by atoms with Gasteiger partial charge in [0.25, 0.3) is 0 Å². The minimum absolute atomic E-state index is 0.116. The van der Waals surface area contributed by atoms with Gasteiger partial charge in [-0.05, 0) is 24.7 Å². The van der Waals surface area contributed by atoms with Crippen molar-refractivity contribution in [3.63, 3.8) is 0 Å². The number of hydrogen-bond donors (Lipinski definition) is 0. The van der Waals surface area contributed by atoms with Crippen molar-refractivity contribution in [3.8, 4) is 0 Å². The zero-order valence-electron chi connectivity index (χ0n) is 7.75. The minimum Gasteiger partial charge on any atom is -0.459 e. The van der Waals surface area contributed by atoms with Crippen molar-refractivity contribution in [1.29, 1.82) is 0 Å². The van der Waals surface area contributed by atoms with Crippen LogP contribution in [0.2, 0.25) is 0 Å². The van der Waals surface area contributed by atoms with Crippen molar-refractivity contribution in [2.45, 2.75) is 32.8 Å². The number of ether oxygens (including phenoxy) is 1. The Morgan fingerprint density at radius 2 is 2.17 bits per heavy atom. The van der Waals surface area contributed by atoms with Crippen molar-refractivity contribution in [3.05, 3.63) is 12.7 Å². The van der Waals surface area contributed by atoms with Gasteiger partial charge in [0, 0.05) is 6.08 Å². The second-order valence-electron chi connectivity index (χ2n) is 3.73. The summed E-state index contributed by atoms with van der Waals surface area (Å²) < 4.78 is 5.19. The fourth-order valence-electron chi connectivity index (χ4n) is 1.87. The zero-order chi connectivity index (χ0) is 9.14.